The largest absolute Gasteiger partial charge is 0.338 e. The van der Waals surface area contributed by atoms with Gasteiger partial charge in [0, 0.05) is 41.5 Å². The normalized spacial score (nSPS) is 15.1. The Morgan fingerprint density at radius 1 is 0.848 bits per heavy atom. The molecule has 0 bridgehead atoms. The Labute approximate surface area is 190 Å². The molecular formula is C26H22FN3O3. The molecule has 2 aliphatic rings. The van der Waals surface area contributed by atoms with Gasteiger partial charge in [-0.1, -0.05) is 30.3 Å². The molecule has 1 saturated heterocycles. The van der Waals surface area contributed by atoms with E-state index in [0.29, 0.717) is 48.3 Å². The number of rotatable bonds is 3. The molecule has 1 fully saturated rings. The van der Waals surface area contributed by atoms with Crippen LogP contribution in [0.4, 0.5) is 14.9 Å². The van der Waals surface area contributed by atoms with Crippen molar-refractivity contribution in [2.45, 2.75) is 18.9 Å². The van der Waals surface area contributed by atoms with Crippen molar-refractivity contribution in [2.75, 3.05) is 18.4 Å². The molecule has 0 spiro atoms. The Balaban J connectivity index is 1.19. The average Bonchev–Trinajstić information content (AvgIpc) is 3.12. The molecule has 0 saturated carbocycles. The number of benzene rings is 3. The number of halogens is 1. The van der Waals surface area contributed by atoms with Gasteiger partial charge in [-0.15, -0.1) is 0 Å². The van der Waals surface area contributed by atoms with Gasteiger partial charge in [0.1, 0.15) is 5.82 Å². The third-order valence-corrected chi connectivity index (χ3v) is 6.19. The molecule has 166 valence electrons. The van der Waals surface area contributed by atoms with Crippen molar-refractivity contribution in [3.05, 3.63) is 89.2 Å². The summed E-state index contributed by atoms with van der Waals surface area (Å²) in [5.74, 6) is -0.531. The number of amides is 3. The zero-order valence-electron chi connectivity index (χ0n) is 17.8. The summed E-state index contributed by atoms with van der Waals surface area (Å²) in [7, 11) is 0. The van der Waals surface area contributed by atoms with E-state index < -0.39 is 0 Å². The van der Waals surface area contributed by atoms with E-state index >= 15 is 0 Å². The number of hydrogen-bond acceptors (Lipinski definition) is 3. The van der Waals surface area contributed by atoms with Crippen molar-refractivity contribution < 1.29 is 18.8 Å². The molecule has 33 heavy (non-hydrogen) atoms. The van der Waals surface area contributed by atoms with Crippen LogP contribution in [-0.4, -0.2) is 41.8 Å². The molecular weight excluding hydrogens is 421 g/mol. The van der Waals surface area contributed by atoms with E-state index in [1.54, 1.807) is 17.0 Å². The van der Waals surface area contributed by atoms with E-state index in [0.717, 1.165) is 11.1 Å². The molecule has 5 rings (SSSR count). The number of anilines is 1. The smallest absolute Gasteiger partial charge is 0.319 e. The van der Waals surface area contributed by atoms with Crippen molar-refractivity contribution in [1.82, 2.24) is 10.2 Å². The second-order valence-corrected chi connectivity index (χ2v) is 8.31. The van der Waals surface area contributed by atoms with Crippen molar-refractivity contribution in [1.29, 1.82) is 0 Å². The third kappa shape index (κ3) is 4.09. The third-order valence-electron chi connectivity index (χ3n) is 6.19. The van der Waals surface area contributed by atoms with Crippen LogP contribution < -0.4 is 10.6 Å². The molecule has 1 aliphatic carbocycles. The number of nitrogens with one attached hydrogen (secondary N) is 2. The minimum Gasteiger partial charge on any atom is -0.338 e. The zero-order chi connectivity index (χ0) is 22.9. The van der Waals surface area contributed by atoms with Crippen LogP contribution in [0.25, 0.3) is 11.1 Å². The predicted octanol–water partition coefficient (Wildman–Crippen LogP) is 4.46. The highest BCUT2D eigenvalue weighted by Gasteiger charge is 2.29. The van der Waals surface area contributed by atoms with Crippen molar-refractivity contribution in [3.63, 3.8) is 0 Å². The lowest BCUT2D eigenvalue weighted by atomic mass is 10.0. The summed E-state index contributed by atoms with van der Waals surface area (Å²) >= 11 is 0. The van der Waals surface area contributed by atoms with Crippen LogP contribution in [0.5, 0.6) is 0 Å². The molecule has 3 amide bonds. The van der Waals surface area contributed by atoms with Gasteiger partial charge in [-0.25, -0.2) is 9.18 Å². The van der Waals surface area contributed by atoms with Crippen LogP contribution >= 0.6 is 0 Å². The SMILES string of the molecule is O=C(Nc1ccc(F)cc1)NC1CCN(C(=O)c2ccc3c(c2)C(=O)c2ccccc2-3)CC1. The quantitative estimate of drug-likeness (QED) is 0.491. The first kappa shape index (κ1) is 20.9. The lowest BCUT2D eigenvalue weighted by Crippen LogP contribution is -2.47. The first-order chi connectivity index (χ1) is 16.0. The summed E-state index contributed by atoms with van der Waals surface area (Å²) in [6, 6.07) is 17.9. The number of nitrogens with zero attached hydrogens (tertiary/aromatic N) is 1. The summed E-state index contributed by atoms with van der Waals surface area (Å²) in [5, 5.41) is 5.59. The maximum atomic E-state index is 13.1. The molecule has 0 radical (unpaired) electrons. The molecule has 1 heterocycles. The second kappa shape index (κ2) is 8.50. The number of hydrogen-bond donors (Lipinski definition) is 2. The van der Waals surface area contributed by atoms with Gasteiger partial charge in [0.25, 0.3) is 5.91 Å². The van der Waals surface area contributed by atoms with Crippen LogP contribution in [0.3, 0.4) is 0 Å². The van der Waals surface area contributed by atoms with Gasteiger partial charge in [-0.3, -0.25) is 9.59 Å². The Bertz CT molecular complexity index is 1250. The summed E-state index contributed by atoms with van der Waals surface area (Å²) in [5.41, 5.74) is 4.01. The molecule has 6 nitrogen and oxygen atoms in total. The van der Waals surface area contributed by atoms with Crippen molar-refractivity contribution in [3.8, 4) is 11.1 Å². The van der Waals surface area contributed by atoms with E-state index in [1.165, 1.54) is 24.3 Å². The molecule has 7 heteroatoms. The van der Waals surface area contributed by atoms with Gasteiger partial charge in [0.2, 0.25) is 0 Å². The van der Waals surface area contributed by atoms with Crippen LogP contribution in [0.2, 0.25) is 0 Å². The molecule has 2 N–H and O–H groups in total. The first-order valence-electron chi connectivity index (χ1n) is 10.9. The van der Waals surface area contributed by atoms with E-state index in [-0.39, 0.29) is 29.6 Å². The van der Waals surface area contributed by atoms with Gasteiger partial charge in [-0.2, -0.15) is 0 Å². The number of piperidine rings is 1. The number of likely N-dealkylation sites (tertiary alicyclic amines) is 1. The van der Waals surface area contributed by atoms with Crippen molar-refractivity contribution in [2.24, 2.45) is 0 Å². The highest BCUT2D eigenvalue weighted by Crippen LogP contribution is 2.37. The Morgan fingerprint density at radius 2 is 1.52 bits per heavy atom. The summed E-state index contributed by atoms with van der Waals surface area (Å²) in [4.78, 5) is 39.8. The summed E-state index contributed by atoms with van der Waals surface area (Å²) in [6.45, 7) is 1.01. The summed E-state index contributed by atoms with van der Waals surface area (Å²) < 4.78 is 13.0. The maximum absolute atomic E-state index is 13.1. The lowest BCUT2D eigenvalue weighted by Gasteiger charge is -2.32. The summed E-state index contributed by atoms with van der Waals surface area (Å²) in [6.07, 6.45) is 1.25. The van der Waals surface area contributed by atoms with Gasteiger partial charge in [0.05, 0.1) is 0 Å². The number of fused-ring (bicyclic) bond motifs is 3. The van der Waals surface area contributed by atoms with E-state index in [4.69, 9.17) is 0 Å². The van der Waals surface area contributed by atoms with Gasteiger partial charge < -0.3 is 15.5 Å². The zero-order valence-corrected chi connectivity index (χ0v) is 17.8. The molecule has 0 aromatic heterocycles. The Morgan fingerprint density at radius 3 is 2.24 bits per heavy atom. The highest BCUT2D eigenvalue weighted by atomic mass is 19.1. The Kier molecular flexibility index (Phi) is 5.38. The minimum absolute atomic E-state index is 0.0506. The lowest BCUT2D eigenvalue weighted by molar-refractivity contribution is 0.0709. The molecule has 3 aromatic carbocycles. The van der Waals surface area contributed by atoms with Crippen LogP contribution in [0.15, 0.2) is 66.7 Å². The fraction of sp³-hybridized carbons (Fsp3) is 0.192. The minimum atomic E-state index is -0.365. The predicted molar refractivity (Wildman–Crippen MR) is 123 cm³/mol. The average molecular weight is 443 g/mol. The monoisotopic (exact) mass is 443 g/mol. The number of urea groups is 1. The van der Waals surface area contributed by atoms with Gasteiger partial charge in [0.15, 0.2) is 5.78 Å². The van der Waals surface area contributed by atoms with Crippen LogP contribution in [0.1, 0.15) is 39.1 Å². The fourth-order valence-corrected chi connectivity index (χ4v) is 4.46. The number of carbonyl (C=O) groups is 3. The fourth-order valence-electron chi connectivity index (χ4n) is 4.46. The van der Waals surface area contributed by atoms with Crippen LogP contribution in [-0.2, 0) is 0 Å². The topological polar surface area (TPSA) is 78.5 Å². The second-order valence-electron chi connectivity index (χ2n) is 8.31. The first-order valence-corrected chi connectivity index (χ1v) is 10.9. The standard InChI is InChI=1S/C26H22FN3O3/c27-17-6-8-18(9-7-17)28-26(33)29-19-11-13-30(14-12-19)25(32)16-5-10-21-20-3-1-2-4-22(20)24(31)23(21)15-16/h1-10,15,19H,11-14H2,(H2,28,29,33). The molecule has 0 atom stereocenters. The highest BCUT2D eigenvalue weighted by molar-refractivity contribution is 6.22. The van der Waals surface area contributed by atoms with E-state index in [9.17, 15) is 18.8 Å². The maximum Gasteiger partial charge on any atom is 0.319 e. The molecule has 1 aliphatic heterocycles. The number of ketones is 1. The molecule has 0 unspecified atom stereocenters. The van der Waals surface area contributed by atoms with E-state index in [1.807, 2.05) is 30.3 Å². The van der Waals surface area contributed by atoms with Gasteiger partial charge in [-0.05, 0) is 60.4 Å². The van der Waals surface area contributed by atoms with Crippen molar-refractivity contribution >= 4 is 23.4 Å². The van der Waals surface area contributed by atoms with Crippen LogP contribution in [0, 0.1) is 5.82 Å². The number of carbonyl (C=O) groups excluding carboxylic acids is 3. The molecule has 3 aromatic rings. The van der Waals surface area contributed by atoms with E-state index in [2.05, 4.69) is 10.6 Å². The Hall–Kier alpha value is -4.00. The van der Waals surface area contributed by atoms with Gasteiger partial charge >= 0.3 is 6.03 Å².